The summed E-state index contributed by atoms with van der Waals surface area (Å²) in [6, 6.07) is 3.38. The average Bonchev–Trinajstić information content (AvgIpc) is 2.22. The third kappa shape index (κ3) is 3.09. The minimum atomic E-state index is 0.0695. The second-order valence-electron chi connectivity index (χ2n) is 2.78. The number of benzene rings is 1. The summed E-state index contributed by atoms with van der Waals surface area (Å²) in [6.45, 7) is 2.31. The molecule has 0 amide bonds. The van der Waals surface area contributed by atoms with Gasteiger partial charge >= 0.3 is 0 Å². The van der Waals surface area contributed by atoms with Gasteiger partial charge in [0.15, 0.2) is 11.5 Å². The van der Waals surface area contributed by atoms with E-state index in [1.165, 1.54) is 6.08 Å². The largest absolute Gasteiger partial charge is 0.503 e. The van der Waals surface area contributed by atoms with Crippen LogP contribution in [0.1, 0.15) is 12.5 Å². The number of ether oxygens (including phenoxy) is 1. The average molecular weight is 271 g/mol. The molecule has 1 aromatic rings. The Labute approximate surface area is 96.5 Å². The third-order valence-electron chi connectivity index (χ3n) is 1.72. The quantitative estimate of drug-likeness (QED) is 0.676. The van der Waals surface area contributed by atoms with E-state index in [4.69, 9.17) is 4.74 Å². The molecule has 1 N–H and O–H groups in total. The summed E-state index contributed by atoms with van der Waals surface area (Å²) >= 11 is 3.21. The molecule has 0 aliphatic heterocycles. The Balaban J connectivity index is 3.10. The Morgan fingerprint density at radius 2 is 2.27 bits per heavy atom. The highest BCUT2D eigenvalue weighted by Crippen LogP contribution is 2.35. The van der Waals surface area contributed by atoms with Gasteiger partial charge in [-0.25, -0.2) is 0 Å². The maximum Gasteiger partial charge on any atom is 0.172 e. The van der Waals surface area contributed by atoms with E-state index in [-0.39, 0.29) is 5.75 Å². The normalized spacial score (nSPS) is 10.5. The lowest BCUT2D eigenvalue weighted by atomic mass is 10.2. The molecule has 0 spiro atoms. The van der Waals surface area contributed by atoms with E-state index in [2.05, 4.69) is 15.9 Å². The highest BCUT2D eigenvalue weighted by Gasteiger charge is 2.07. The van der Waals surface area contributed by atoms with Gasteiger partial charge in [-0.15, -0.1) is 0 Å². The van der Waals surface area contributed by atoms with Gasteiger partial charge in [0.2, 0.25) is 0 Å². The Bertz CT molecular complexity index is 386. The van der Waals surface area contributed by atoms with Gasteiger partial charge in [-0.1, -0.05) is 6.08 Å². The molecule has 80 valence electrons. The first-order chi connectivity index (χ1) is 7.19. The molecule has 0 aliphatic carbocycles. The summed E-state index contributed by atoms with van der Waals surface area (Å²) in [6.07, 6.45) is 3.72. The monoisotopic (exact) mass is 270 g/mol. The second kappa shape index (κ2) is 5.56. The molecular weight excluding hydrogens is 260 g/mol. The topological polar surface area (TPSA) is 46.5 Å². The van der Waals surface area contributed by atoms with Gasteiger partial charge < -0.3 is 9.84 Å². The first-order valence-corrected chi connectivity index (χ1v) is 5.25. The van der Waals surface area contributed by atoms with E-state index in [1.54, 1.807) is 18.2 Å². The Hall–Kier alpha value is -1.29. The number of carbonyl (C=O) groups excluding carboxylic acids is 1. The minimum absolute atomic E-state index is 0.0695. The number of carbonyl (C=O) groups is 1. The van der Waals surface area contributed by atoms with Crippen molar-refractivity contribution in [2.24, 2.45) is 0 Å². The van der Waals surface area contributed by atoms with Crippen LogP contribution in [0.4, 0.5) is 0 Å². The Kier molecular flexibility index (Phi) is 4.37. The van der Waals surface area contributed by atoms with Crippen LogP contribution in [-0.2, 0) is 4.79 Å². The minimum Gasteiger partial charge on any atom is -0.503 e. The molecule has 1 rings (SSSR count). The van der Waals surface area contributed by atoms with Gasteiger partial charge in [0.1, 0.15) is 6.29 Å². The fourth-order valence-corrected chi connectivity index (χ4v) is 1.57. The molecule has 0 saturated carbocycles. The number of aromatic hydroxyl groups is 1. The van der Waals surface area contributed by atoms with Gasteiger partial charge in [-0.05, 0) is 46.6 Å². The molecule has 0 fully saturated rings. The van der Waals surface area contributed by atoms with E-state index in [0.717, 1.165) is 5.56 Å². The van der Waals surface area contributed by atoms with Crippen molar-refractivity contribution in [3.8, 4) is 11.5 Å². The number of hydrogen-bond acceptors (Lipinski definition) is 3. The molecule has 4 heteroatoms. The summed E-state index contributed by atoms with van der Waals surface area (Å²) in [4.78, 5) is 10.2. The van der Waals surface area contributed by atoms with E-state index >= 15 is 0 Å². The first kappa shape index (κ1) is 11.8. The van der Waals surface area contributed by atoms with Crippen molar-refractivity contribution in [1.82, 2.24) is 0 Å². The number of phenols is 1. The number of allylic oxidation sites excluding steroid dienone is 1. The van der Waals surface area contributed by atoms with Crippen LogP contribution in [0, 0.1) is 0 Å². The lowest BCUT2D eigenvalue weighted by Crippen LogP contribution is -1.92. The molecule has 0 heterocycles. The van der Waals surface area contributed by atoms with Crippen molar-refractivity contribution >= 4 is 28.3 Å². The fourth-order valence-electron chi connectivity index (χ4n) is 1.11. The number of phenolic OH excluding ortho intramolecular Hbond substituents is 1. The highest BCUT2D eigenvalue weighted by molar-refractivity contribution is 9.10. The van der Waals surface area contributed by atoms with Gasteiger partial charge in [-0.2, -0.15) is 0 Å². The SMILES string of the molecule is CCOc1cc(C=CC=O)cc(Br)c1O. The number of rotatable bonds is 4. The summed E-state index contributed by atoms with van der Waals surface area (Å²) < 4.78 is 5.78. The van der Waals surface area contributed by atoms with E-state index in [1.807, 2.05) is 6.92 Å². The third-order valence-corrected chi connectivity index (χ3v) is 2.32. The van der Waals surface area contributed by atoms with Crippen molar-refractivity contribution in [3.63, 3.8) is 0 Å². The van der Waals surface area contributed by atoms with Crippen molar-refractivity contribution in [3.05, 3.63) is 28.2 Å². The Morgan fingerprint density at radius 1 is 1.53 bits per heavy atom. The summed E-state index contributed by atoms with van der Waals surface area (Å²) in [5.41, 5.74) is 0.787. The smallest absolute Gasteiger partial charge is 0.172 e. The summed E-state index contributed by atoms with van der Waals surface area (Å²) in [5, 5.41) is 9.61. The van der Waals surface area contributed by atoms with Crippen LogP contribution < -0.4 is 4.74 Å². The number of halogens is 1. The zero-order valence-electron chi connectivity index (χ0n) is 8.24. The van der Waals surface area contributed by atoms with E-state index < -0.39 is 0 Å². The molecule has 0 radical (unpaired) electrons. The molecule has 3 nitrogen and oxygen atoms in total. The second-order valence-corrected chi connectivity index (χ2v) is 3.63. The zero-order valence-corrected chi connectivity index (χ0v) is 9.82. The molecule has 0 unspecified atom stereocenters. The van der Waals surface area contributed by atoms with Crippen molar-refractivity contribution in [2.45, 2.75) is 6.92 Å². The fraction of sp³-hybridized carbons (Fsp3) is 0.182. The van der Waals surface area contributed by atoms with Crippen LogP contribution in [-0.4, -0.2) is 18.0 Å². The number of aldehydes is 1. The van der Waals surface area contributed by atoms with Crippen LogP contribution in [0.5, 0.6) is 11.5 Å². The van der Waals surface area contributed by atoms with Crippen LogP contribution in [0.15, 0.2) is 22.7 Å². The van der Waals surface area contributed by atoms with E-state index in [9.17, 15) is 9.90 Å². The summed E-state index contributed by atoms with van der Waals surface area (Å²) in [7, 11) is 0. The molecule has 0 aliphatic rings. The molecule has 1 aromatic carbocycles. The summed E-state index contributed by atoms with van der Waals surface area (Å²) in [5.74, 6) is 0.470. The predicted octanol–water partition coefficient (Wildman–Crippen LogP) is 2.77. The maximum atomic E-state index is 10.2. The first-order valence-electron chi connectivity index (χ1n) is 4.46. The van der Waals surface area contributed by atoms with E-state index in [0.29, 0.717) is 23.1 Å². The molecule has 0 aromatic heterocycles. The maximum absolute atomic E-state index is 10.2. The molecule has 0 bridgehead atoms. The predicted molar refractivity (Wildman–Crippen MR) is 62.1 cm³/mol. The highest BCUT2D eigenvalue weighted by atomic mass is 79.9. The van der Waals surface area contributed by atoms with Crippen LogP contribution in [0.3, 0.4) is 0 Å². The van der Waals surface area contributed by atoms with Gasteiger partial charge in [0.25, 0.3) is 0 Å². The molecular formula is C11H11BrO3. The van der Waals surface area contributed by atoms with Crippen molar-refractivity contribution in [1.29, 1.82) is 0 Å². The van der Waals surface area contributed by atoms with Crippen molar-refractivity contribution in [2.75, 3.05) is 6.61 Å². The van der Waals surface area contributed by atoms with Crippen LogP contribution in [0.2, 0.25) is 0 Å². The molecule has 15 heavy (non-hydrogen) atoms. The molecule has 0 atom stereocenters. The van der Waals surface area contributed by atoms with Crippen molar-refractivity contribution < 1.29 is 14.6 Å². The zero-order chi connectivity index (χ0) is 11.3. The Morgan fingerprint density at radius 3 is 2.87 bits per heavy atom. The number of hydrogen-bond donors (Lipinski definition) is 1. The van der Waals surface area contributed by atoms with Gasteiger partial charge in [0, 0.05) is 0 Å². The van der Waals surface area contributed by atoms with Crippen LogP contribution in [0.25, 0.3) is 6.08 Å². The lowest BCUT2D eigenvalue weighted by molar-refractivity contribution is -0.104. The molecule has 0 saturated heterocycles. The lowest BCUT2D eigenvalue weighted by Gasteiger charge is -2.08. The van der Waals surface area contributed by atoms with Gasteiger partial charge in [0.05, 0.1) is 11.1 Å². The van der Waals surface area contributed by atoms with Crippen LogP contribution >= 0.6 is 15.9 Å². The standard InChI is InChI=1S/C11H11BrO3/c1-2-15-10-7-8(4-3-5-13)6-9(12)11(10)14/h3-7,14H,2H2,1H3. The van der Waals surface area contributed by atoms with Gasteiger partial charge in [-0.3, -0.25) is 4.79 Å².